The van der Waals surface area contributed by atoms with Crippen molar-refractivity contribution in [2.75, 3.05) is 56.2 Å². The fourth-order valence-corrected chi connectivity index (χ4v) is 3.44. The number of carboxylic acid groups (broad SMARTS) is 1. The second-order valence-electron chi connectivity index (χ2n) is 7.19. The van der Waals surface area contributed by atoms with Gasteiger partial charge in [-0.25, -0.2) is 9.18 Å². The number of aliphatic imine (C=N–C) groups is 1. The van der Waals surface area contributed by atoms with Crippen molar-refractivity contribution in [1.82, 2.24) is 4.90 Å². The van der Waals surface area contributed by atoms with Crippen molar-refractivity contribution in [3.05, 3.63) is 59.9 Å². The van der Waals surface area contributed by atoms with E-state index < -0.39 is 5.97 Å². The summed E-state index contributed by atoms with van der Waals surface area (Å²) >= 11 is 0. The third kappa shape index (κ3) is 6.42. The SMILES string of the molecule is CCOCCCN=C(Nc1cccc(C(=O)O)c1)N1CCN(c2ccccc2F)CC1. The Morgan fingerprint density at radius 2 is 1.94 bits per heavy atom. The van der Waals surface area contributed by atoms with Gasteiger partial charge < -0.3 is 25.0 Å². The van der Waals surface area contributed by atoms with Crippen LogP contribution in [0.25, 0.3) is 0 Å². The summed E-state index contributed by atoms with van der Waals surface area (Å²) in [5, 5.41) is 12.5. The molecule has 2 aromatic rings. The maximum atomic E-state index is 14.1. The van der Waals surface area contributed by atoms with Crippen molar-refractivity contribution in [2.45, 2.75) is 13.3 Å². The van der Waals surface area contributed by atoms with Crippen molar-refractivity contribution >= 4 is 23.3 Å². The van der Waals surface area contributed by atoms with Gasteiger partial charge in [-0.3, -0.25) is 4.99 Å². The molecule has 0 saturated carbocycles. The minimum Gasteiger partial charge on any atom is -0.478 e. The van der Waals surface area contributed by atoms with E-state index in [1.165, 1.54) is 6.07 Å². The van der Waals surface area contributed by atoms with Crippen LogP contribution in [0.15, 0.2) is 53.5 Å². The van der Waals surface area contributed by atoms with Gasteiger partial charge in [-0.15, -0.1) is 0 Å². The zero-order valence-corrected chi connectivity index (χ0v) is 17.8. The van der Waals surface area contributed by atoms with Crippen LogP contribution in [0.4, 0.5) is 15.8 Å². The number of hydrogen-bond donors (Lipinski definition) is 2. The summed E-state index contributed by atoms with van der Waals surface area (Å²) < 4.78 is 19.5. The molecule has 0 unspecified atom stereocenters. The van der Waals surface area contributed by atoms with Crippen LogP contribution in [0.3, 0.4) is 0 Å². The van der Waals surface area contributed by atoms with Crippen LogP contribution < -0.4 is 10.2 Å². The number of ether oxygens (including phenoxy) is 1. The molecular formula is C23H29FN4O3. The summed E-state index contributed by atoms with van der Waals surface area (Å²) in [6, 6.07) is 13.5. The van der Waals surface area contributed by atoms with Crippen LogP contribution in [0.1, 0.15) is 23.7 Å². The summed E-state index contributed by atoms with van der Waals surface area (Å²) in [5.41, 5.74) is 1.49. The van der Waals surface area contributed by atoms with Crippen LogP contribution in [0.2, 0.25) is 0 Å². The van der Waals surface area contributed by atoms with Crippen molar-refractivity contribution in [2.24, 2.45) is 4.99 Å². The number of benzene rings is 2. The Labute approximate surface area is 182 Å². The highest BCUT2D eigenvalue weighted by atomic mass is 19.1. The maximum Gasteiger partial charge on any atom is 0.335 e. The fourth-order valence-electron chi connectivity index (χ4n) is 3.44. The van der Waals surface area contributed by atoms with Crippen LogP contribution in [0.5, 0.6) is 0 Å². The number of carbonyl (C=O) groups is 1. The van der Waals surface area contributed by atoms with Crippen LogP contribution in [-0.2, 0) is 4.74 Å². The number of halogens is 1. The molecule has 31 heavy (non-hydrogen) atoms. The molecular weight excluding hydrogens is 399 g/mol. The van der Waals surface area contributed by atoms with E-state index in [1.807, 2.05) is 24.0 Å². The minimum atomic E-state index is -0.975. The molecule has 8 heteroatoms. The van der Waals surface area contributed by atoms with Gasteiger partial charge in [0.05, 0.1) is 11.3 Å². The van der Waals surface area contributed by atoms with Crippen LogP contribution in [-0.4, -0.2) is 67.9 Å². The molecule has 1 saturated heterocycles. The number of carboxylic acids is 1. The smallest absolute Gasteiger partial charge is 0.335 e. The van der Waals surface area contributed by atoms with Gasteiger partial charge in [-0.1, -0.05) is 18.2 Å². The molecule has 0 aromatic heterocycles. The molecule has 2 aromatic carbocycles. The molecule has 1 aliphatic heterocycles. The van der Waals surface area contributed by atoms with Gasteiger partial charge in [0.25, 0.3) is 0 Å². The molecule has 0 aliphatic carbocycles. The highest BCUT2D eigenvalue weighted by Gasteiger charge is 2.22. The van der Waals surface area contributed by atoms with Crippen molar-refractivity contribution in [1.29, 1.82) is 0 Å². The standard InChI is InChI=1S/C23H29FN4O3/c1-2-31-16-6-11-25-23(26-19-8-5-7-18(17-19)22(29)30)28-14-12-27(13-15-28)21-10-4-3-9-20(21)24/h3-5,7-10,17H,2,6,11-16H2,1H3,(H,25,26)(H,29,30). The van der Waals surface area contributed by atoms with E-state index in [9.17, 15) is 14.3 Å². The number of guanidine groups is 1. The average Bonchev–Trinajstić information content (AvgIpc) is 2.79. The van der Waals surface area contributed by atoms with Gasteiger partial charge in [-0.2, -0.15) is 0 Å². The molecule has 0 bridgehead atoms. The third-order valence-electron chi connectivity index (χ3n) is 5.05. The molecule has 0 radical (unpaired) electrons. The highest BCUT2D eigenvalue weighted by molar-refractivity contribution is 5.96. The number of aromatic carboxylic acids is 1. The molecule has 0 atom stereocenters. The van der Waals surface area contributed by atoms with Gasteiger partial charge >= 0.3 is 5.97 Å². The van der Waals surface area contributed by atoms with Gasteiger partial charge in [-0.05, 0) is 43.7 Å². The second-order valence-corrected chi connectivity index (χ2v) is 7.19. The summed E-state index contributed by atoms with van der Waals surface area (Å²) in [7, 11) is 0. The number of anilines is 2. The number of piperazine rings is 1. The Bertz CT molecular complexity index is 898. The monoisotopic (exact) mass is 428 g/mol. The predicted molar refractivity (Wildman–Crippen MR) is 121 cm³/mol. The highest BCUT2D eigenvalue weighted by Crippen LogP contribution is 2.20. The van der Waals surface area contributed by atoms with E-state index in [4.69, 9.17) is 9.73 Å². The molecule has 1 heterocycles. The first-order chi connectivity index (χ1) is 15.1. The average molecular weight is 429 g/mol. The number of para-hydroxylation sites is 1. The zero-order valence-electron chi connectivity index (χ0n) is 17.8. The maximum absolute atomic E-state index is 14.1. The lowest BCUT2D eigenvalue weighted by Gasteiger charge is -2.37. The Balaban J connectivity index is 1.69. The Kier molecular flexibility index (Phi) is 8.23. The lowest BCUT2D eigenvalue weighted by molar-refractivity contribution is 0.0697. The van der Waals surface area contributed by atoms with E-state index in [2.05, 4.69) is 10.2 Å². The predicted octanol–water partition coefficient (Wildman–Crippen LogP) is 3.54. The number of nitrogens with one attached hydrogen (secondary N) is 1. The topological polar surface area (TPSA) is 77.4 Å². The lowest BCUT2D eigenvalue weighted by Crippen LogP contribution is -2.51. The van der Waals surface area contributed by atoms with Gasteiger partial charge in [0, 0.05) is 51.6 Å². The quantitative estimate of drug-likeness (QED) is 0.381. The van der Waals surface area contributed by atoms with E-state index >= 15 is 0 Å². The molecule has 0 amide bonds. The summed E-state index contributed by atoms with van der Waals surface area (Å²) in [6.45, 7) is 6.53. The molecule has 3 rings (SSSR count). The summed E-state index contributed by atoms with van der Waals surface area (Å²) in [4.78, 5) is 20.2. The van der Waals surface area contributed by atoms with E-state index in [0.717, 1.165) is 6.42 Å². The largest absolute Gasteiger partial charge is 0.478 e. The van der Waals surface area contributed by atoms with Crippen molar-refractivity contribution in [3.63, 3.8) is 0 Å². The van der Waals surface area contributed by atoms with E-state index in [0.29, 0.717) is 63.3 Å². The number of nitrogens with zero attached hydrogens (tertiary/aromatic N) is 3. The van der Waals surface area contributed by atoms with E-state index in [-0.39, 0.29) is 11.4 Å². The minimum absolute atomic E-state index is 0.213. The first-order valence-electron chi connectivity index (χ1n) is 10.6. The second kappa shape index (κ2) is 11.3. The van der Waals surface area contributed by atoms with E-state index in [1.54, 1.807) is 30.3 Å². The fraction of sp³-hybridized carbons (Fsp3) is 0.391. The third-order valence-corrected chi connectivity index (χ3v) is 5.05. The van der Waals surface area contributed by atoms with Crippen molar-refractivity contribution < 1.29 is 19.0 Å². The number of rotatable bonds is 8. The van der Waals surface area contributed by atoms with Crippen LogP contribution in [0, 0.1) is 5.82 Å². The number of hydrogen-bond acceptors (Lipinski definition) is 4. The van der Waals surface area contributed by atoms with Gasteiger partial charge in [0.1, 0.15) is 5.82 Å². The van der Waals surface area contributed by atoms with Crippen molar-refractivity contribution in [3.8, 4) is 0 Å². The van der Waals surface area contributed by atoms with Gasteiger partial charge in [0.15, 0.2) is 5.96 Å². The zero-order chi connectivity index (χ0) is 22.1. The first-order valence-corrected chi connectivity index (χ1v) is 10.6. The molecule has 1 fully saturated rings. The molecule has 166 valence electrons. The summed E-state index contributed by atoms with van der Waals surface area (Å²) in [6.07, 6.45) is 0.795. The summed E-state index contributed by atoms with van der Waals surface area (Å²) in [5.74, 6) is -0.506. The molecule has 2 N–H and O–H groups in total. The van der Waals surface area contributed by atoms with Crippen LogP contribution >= 0.6 is 0 Å². The Morgan fingerprint density at radius 1 is 1.16 bits per heavy atom. The molecule has 0 spiro atoms. The normalized spacial score (nSPS) is 14.6. The molecule has 7 nitrogen and oxygen atoms in total. The lowest BCUT2D eigenvalue weighted by atomic mass is 10.2. The first kappa shape index (κ1) is 22.6. The Hall–Kier alpha value is -3.13. The molecule has 1 aliphatic rings. The van der Waals surface area contributed by atoms with Gasteiger partial charge in [0.2, 0.25) is 0 Å². The Morgan fingerprint density at radius 3 is 2.65 bits per heavy atom.